The van der Waals surface area contributed by atoms with Gasteiger partial charge in [0.15, 0.2) is 0 Å². The molecule has 1 N–H and O–H groups in total. The van der Waals surface area contributed by atoms with E-state index >= 15 is 0 Å². The number of amides is 1. The molecule has 0 aliphatic carbocycles. The minimum absolute atomic E-state index is 0.00683. The molecule has 0 spiro atoms. The quantitative estimate of drug-likeness (QED) is 0.391. The Morgan fingerprint density at radius 3 is 2.06 bits per heavy atom. The number of carbonyl (C=O) groups is 2. The van der Waals surface area contributed by atoms with E-state index in [-0.39, 0.29) is 30.6 Å². The van der Waals surface area contributed by atoms with Gasteiger partial charge in [0.1, 0.15) is 11.3 Å². The lowest BCUT2D eigenvalue weighted by Gasteiger charge is -2.18. The van der Waals surface area contributed by atoms with E-state index in [0.717, 1.165) is 11.1 Å². The normalized spacial score (nSPS) is 10.9. The number of rotatable bonds is 7. The second kappa shape index (κ2) is 9.30. The third kappa shape index (κ3) is 4.51. The van der Waals surface area contributed by atoms with Gasteiger partial charge in [-0.05, 0) is 30.2 Å². The molecule has 4 rings (SSSR count). The predicted molar refractivity (Wildman–Crippen MR) is 120 cm³/mol. The van der Waals surface area contributed by atoms with Crippen LogP contribution < -0.4 is 5.32 Å². The van der Waals surface area contributed by atoms with Crippen molar-refractivity contribution in [3.05, 3.63) is 102 Å². The second-order valence-electron chi connectivity index (χ2n) is 7.15. The number of hydrogen-bond donors (Lipinski definition) is 1. The van der Waals surface area contributed by atoms with Gasteiger partial charge in [0, 0.05) is 17.7 Å². The molecule has 3 aromatic carbocycles. The number of fused-ring (bicyclic) bond motifs is 1. The molecule has 5 heteroatoms. The van der Waals surface area contributed by atoms with Crippen LogP contribution in [-0.2, 0) is 9.53 Å². The zero-order valence-corrected chi connectivity index (χ0v) is 17.2. The molecular formula is C26H23NO4. The fraction of sp³-hybridized carbons (Fsp3) is 0.154. The predicted octanol–water partition coefficient (Wildman–Crippen LogP) is 5.77. The van der Waals surface area contributed by atoms with Gasteiger partial charge in [0.2, 0.25) is 11.7 Å². The molecule has 31 heavy (non-hydrogen) atoms. The second-order valence-corrected chi connectivity index (χ2v) is 7.15. The first-order chi connectivity index (χ1) is 15.2. The lowest BCUT2D eigenvalue weighted by Crippen LogP contribution is -2.18. The van der Waals surface area contributed by atoms with Crippen molar-refractivity contribution < 1.29 is 18.7 Å². The van der Waals surface area contributed by atoms with E-state index < -0.39 is 5.97 Å². The summed E-state index contributed by atoms with van der Waals surface area (Å²) < 4.78 is 10.8. The van der Waals surface area contributed by atoms with Gasteiger partial charge < -0.3 is 14.5 Å². The molecule has 0 saturated heterocycles. The molecule has 1 heterocycles. The Kier molecular flexibility index (Phi) is 6.13. The third-order valence-corrected chi connectivity index (χ3v) is 5.11. The number of para-hydroxylation sites is 1. The van der Waals surface area contributed by atoms with Crippen molar-refractivity contribution in [2.75, 3.05) is 11.9 Å². The first-order valence-corrected chi connectivity index (χ1v) is 10.3. The molecule has 1 amide bonds. The molecule has 156 valence electrons. The number of anilines is 1. The molecule has 0 unspecified atom stereocenters. The fourth-order valence-electron chi connectivity index (χ4n) is 3.68. The van der Waals surface area contributed by atoms with Crippen molar-refractivity contribution in [1.29, 1.82) is 0 Å². The molecule has 0 fully saturated rings. The topological polar surface area (TPSA) is 68.5 Å². The van der Waals surface area contributed by atoms with Gasteiger partial charge >= 0.3 is 5.97 Å². The molecule has 5 nitrogen and oxygen atoms in total. The van der Waals surface area contributed by atoms with Crippen LogP contribution >= 0.6 is 0 Å². The molecule has 0 bridgehead atoms. The highest BCUT2D eigenvalue weighted by Crippen LogP contribution is 2.33. The van der Waals surface area contributed by atoms with E-state index in [2.05, 4.69) is 5.32 Å². The van der Waals surface area contributed by atoms with Crippen LogP contribution in [0.3, 0.4) is 0 Å². The Hall–Kier alpha value is -3.86. The molecule has 0 saturated carbocycles. The lowest BCUT2D eigenvalue weighted by atomic mass is 9.88. The van der Waals surface area contributed by atoms with E-state index in [9.17, 15) is 9.59 Å². The van der Waals surface area contributed by atoms with Crippen LogP contribution in [0.5, 0.6) is 0 Å². The first-order valence-electron chi connectivity index (χ1n) is 10.3. The summed E-state index contributed by atoms with van der Waals surface area (Å²) in [6.45, 7) is 1.94. The molecule has 0 radical (unpaired) electrons. The van der Waals surface area contributed by atoms with Crippen LogP contribution in [0.2, 0.25) is 0 Å². The summed E-state index contributed by atoms with van der Waals surface area (Å²) >= 11 is 0. The largest absolute Gasteiger partial charge is 0.460 e. The van der Waals surface area contributed by atoms with Gasteiger partial charge in [0.05, 0.1) is 6.61 Å². The van der Waals surface area contributed by atoms with Gasteiger partial charge in [-0.1, -0.05) is 72.8 Å². The summed E-state index contributed by atoms with van der Waals surface area (Å²) in [7, 11) is 0. The molecule has 0 atom stereocenters. The van der Waals surface area contributed by atoms with E-state index in [4.69, 9.17) is 9.15 Å². The van der Waals surface area contributed by atoms with Crippen LogP contribution in [0.15, 0.2) is 89.3 Å². The lowest BCUT2D eigenvalue weighted by molar-refractivity contribution is -0.116. The zero-order chi connectivity index (χ0) is 21.6. The van der Waals surface area contributed by atoms with Crippen LogP contribution in [0.25, 0.3) is 11.0 Å². The van der Waals surface area contributed by atoms with E-state index in [0.29, 0.717) is 16.7 Å². The van der Waals surface area contributed by atoms with Gasteiger partial charge in [-0.25, -0.2) is 4.79 Å². The van der Waals surface area contributed by atoms with Crippen molar-refractivity contribution in [1.82, 2.24) is 0 Å². The van der Waals surface area contributed by atoms with E-state index in [1.165, 1.54) is 0 Å². The Balaban J connectivity index is 1.65. The maximum absolute atomic E-state index is 13.1. The number of nitrogens with one attached hydrogen (secondary N) is 1. The van der Waals surface area contributed by atoms with E-state index in [1.807, 2.05) is 78.9 Å². The van der Waals surface area contributed by atoms with Gasteiger partial charge in [-0.2, -0.15) is 0 Å². The van der Waals surface area contributed by atoms with Crippen LogP contribution in [-0.4, -0.2) is 18.5 Å². The number of furan rings is 1. The van der Waals surface area contributed by atoms with Crippen LogP contribution in [0.1, 0.15) is 40.9 Å². The van der Waals surface area contributed by atoms with Gasteiger partial charge in [-0.3, -0.25) is 4.79 Å². The number of carbonyl (C=O) groups excluding carboxylic acids is 2. The molecule has 1 aromatic heterocycles. The summed E-state index contributed by atoms with van der Waals surface area (Å²) in [4.78, 5) is 25.6. The smallest absolute Gasteiger partial charge is 0.376 e. The molecular weight excluding hydrogens is 390 g/mol. The molecule has 0 aliphatic heterocycles. The highest BCUT2D eigenvalue weighted by molar-refractivity contribution is 6.09. The average molecular weight is 413 g/mol. The van der Waals surface area contributed by atoms with Crippen molar-refractivity contribution in [2.45, 2.75) is 19.3 Å². The van der Waals surface area contributed by atoms with E-state index in [1.54, 1.807) is 13.0 Å². The average Bonchev–Trinajstić information content (AvgIpc) is 3.17. The highest BCUT2D eigenvalue weighted by atomic mass is 16.5. The zero-order valence-electron chi connectivity index (χ0n) is 17.2. The number of ether oxygens (including phenoxy) is 1. The maximum Gasteiger partial charge on any atom is 0.376 e. The summed E-state index contributed by atoms with van der Waals surface area (Å²) in [6, 6.07) is 27.0. The number of hydrogen-bond acceptors (Lipinski definition) is 4. The summed E-state index contributed by atoms with van der Waals surface area (Å²) in [5.74, 6) is -0.926. The minimum atomic E-state index is -0.600. The fourth-order valence-corrected chi connectivity index (χ4v) is 3.68. The SMILES string of the molecule is CCOC(=O)c1oc2ccccc2c1NC(=O)CC(c1ccccc1)c1ccccc1. The standard InChI is InChI=1S/C26H23NO4/c1-2-30-26(29)25-24(20-15-9-10-16-22(20)31-25)27-23(28)17-21(18-11-5-3-6-12-18)19-13-7-4-8-14-19/h3-16,21H,2,17H2,1H3,(H,27,28). The molecule has 4 aromatic rings. The van der Waals surface area contributed by atoms with Crippen molar-refractivity contribution in [2.24, 2.45) is 0 Å². The van der Waals surface area contributed by atoms with Crippen LogP contribution in [0, 0.1) is 0 Å². The van der Waals surface area contributed by atoms with Crippen LogP contribution in [0.4, 0.5) is 5.69 Å². The van der Waals surface area contributed by atoms with Crippen molar-refractivity contribution >= 4 is 28.5 Å². The highest BCUT2D eigenvalue weighted by Gasteiger charge is 2.25. The van der Waals surface area contributed by atoms with Gasteiger partial charge in [0.25, 0.3) is 0 Å². The Morgan fingerprint density at radius 1 is 0.871 bits per heavy atom. The minimum Gasteiger partial charge on any atom is -0.460 e. The first kappa shape index (κ1) is 20.4. The summed E-state index contributed by atoms with van der Waals surface area (Å²) in [5, 5.41) is 3.57. The van der Waals surface area contributed by atoms with Crippen molar-refractivity contribution in [3.8, 4) is 0 Å². The number of benzene rings is 3. The van der Waals surface area contributed by atoms with Gasteiger partial charge in [-0.15, -0.1) is 0 Å². The summed E-state index contributed by atoms with van der Waals surface area (Å²) in [5.41, 5.74) is 2.96. The van der Waals surface area contributed by atoms with Crippen molar-refractivity contribution in [3.63, 3.8) is 0 Å². The summed E-state index contributed by atoms with van der Waals surface area (Å²) in [6.07, 6.45) is 0.218. The number of esters is 1. The third-order valence-electron chi connectivity index (χ3n) is 5.11. The Labute approximate surface area is 180 Å². The Bertz CT molecular complexity index is 1140. The maximum atomic E-state index is 13.1. The Morgan fingerprint density at radius 2 is 1.45 bits per heavy atom. The monoisotopic (exact) mass is 413 g/mol. The molecule has 0 aliphatic rings.